The third-order valence-electron chi connectivity index (χ3n) is 5.60. The first-order chi connectivity index (χ1) is 18.0. The third-order valence-corrected chi connectivity index (χ3v) is 5.60. The van der Waals surface area contributed by atoms with Crippen molar-refractivity contribution in [3.05, 3.63) is 81.8 Å². The number of pyridine rings is 1. The fourth-order valence-corrected chi connectivity index (χ4v) is 3.65. The molecule has 2 N–H and O–H groups in total. The molecule has 0 saturated heterocycles. The van der Waals surface area contributed by atoms with Crippen LogP contribution in [0.1, 0.15) is 37.4 Å². The molecule has 4 rings (SSSR count). The number of carbonyl (C=O) groups excluding carboxylic acids is 1. The highest BCUT2D eigenvalue weighted by atomic mass is 19.3. The molecule has 38 heavy (non-hydrogen) atoms. The molecule has 0 aliphatic heterocycles. The average Bonchev–Trinajstić information content (AvgIpc) is 2.87. The normalized spacial score (nSPS) is 11.6. The summed E-state index contributed by atoms with van der Waals surface area (Å²) in [6.07, 6.45) is -0.790. The second kappa shape index (κ2) is 10.4. The van der Waals surface area contributed by atoms with Crippen LogP contribution in [-0.2, 0) is 16.9 Å². The van der Waals surface area contributed by atoms with Crippen molar-refractivity contribution in [3.63, 3.8) is 0 Å². The smallest absolute Gasteiger partial charge is 0.280 e. The highest BCUT2D eigenvalue weighted by Gasteiger charge is 2.23. The van der Waals surface area contributed by atoms with Crippen molar-refractivity contribution >= 4 is 12.2 Å². The maximum atomic E-state index is 13.6. The molecule has 0 amide bonds. The number of hydrogen-bond acceptors (Lipinski definition) is 8. The number of nitrogens with zero attached hydrogens (tertiary/aromatic N) is 5. The van der Waals surface area contributed by atoms with Gasteiger partial charge < -0.3 is 15.3 Å². The molecular formula is C26H23F3N6O3. The van der Waals surface area contributed by atoms with E-state index in [1.165, 1.54) is 47.3 Å². The first-order valence-corrected chi connectivity index (χ1v) is 11.4. The fraction of sp³-hybridized carbons (Fsp3) is 0.231. The maximum absolute atomic E-state index is 13.6. The fourth-order valence-electron chi connectivity index (χ4n) is 3.65. The van der Waals surface area contributed by atoms with Gasteiger partial charge in [0.05, 0.1) is 11.3 Å². The van der Waals surface area contributed by atoms with E-state index in [9.17, 15) is 22.8 Å². The number of aryl methyl sites for hydroxylation is 1. The predicted octanol–water partition coefficient (Wildman–Crippen LogP) is 4.24. The second-order valence-corrected chi connectivity index (χ2v) is 8.97. The van der Waals surface area contributed by atoms with Crippen LogP contribution in [0.2, 0.25) is 0 Å². The lowest BCUT2D eigenvalue weighted by Gasteiger charge is -2.20. The minimum atomic E-state index is -2.85. The third kappa shape index (κ3) is 5.53. The van der Waals surface area contributed by atoms with Crippen LogP contribution in [0.3, 0.4) is 0 Å². The summed E-state index contributed by atoms with van der Waals surface area (Å²) in [6.45, 7) is 4.41. The van der Waals surface area contributed by atoms with Gasteiger partial charge in [-0.05, 0) is 62.7 Å². The lowest BCUT2D eigenvalue weighted by molar-refractivity contribution is -0.114. The van der Waals surface area contributed by atoms with Gasteiger partial charge in [0, 0.05) is 23.5 Å². The van der Waals surface area contributed by atoms with Gasteiger partial charge in [0.25, 0.3) is 6.43 Å². The van der Waals surface area contributed by atoms with Crippen LogP contribution in [0.25, 0.3) is 22.4 Å². The number of anilines is 1. The Kier molecular flexibility index (Phi) is 7.24. The Balaban J connectivity index is 1.88. The molecule has 0 radical (unpaired) electrons. The van der Waals surface area contributed by atoms with Crippen LogP contribution in [0.15, 0.2) is 53.5 Å². The van der Waals surface area contributed by atoms with Crippen molar-refractivity contribution in [3.8, 4) is 28.3 Å². The number of aldehydes is 1. The standard InChI is InChI=1S/C26H23F3N6O3/c1-14-10-16(11-18(31-14)23(28)29)21-22(15-4-6-17(27)7-5-15)32-25(30)33-24(21)38-12-19-20(37)8-9-35(34-19)26(2,3)13-36/h4-11,13,23H,12H2,1-3H3,(H2,30,32,33). The number of nitrogens with two attached hydrogens (primary N) is 1. The van der Waals surface area contributed by atoms with Crippen molar-refractivity contribution in [1.29, 1.82) is 0 Å². The van der Waals surface area contributed by atoms with Crippen LogP contribution >= 0.6 is 0 Å². The molecule has 196 valence electrons. The minimum Gasteiger partial charge on any atom is -0.470 e. The molecule has 4 aromatic rings. The summed E-state index contributed by atoms with van der Waals surface area (Å²) in [6, 6.07) is 9.29. The molecule has 0 bridgehead atoms. The Morgan fingerprint density at radius 2 is 1.79 bits per heavy atom. The summed E-state index contributed by atoms with van der Waals surface area (Å²) in [7, 11) is 0. The van der Waals surface area contributed by atoms with Crippen molar-refractivity contribution in [2.75, 3.05) is 5.73 Å². The van der Waals surface area contributed by atoms with E-state index >= 15 is 0 Å². The summed E-state index contributed by atoms with van der Waals surface area (Å²) in [4.78, 5) is 36.3. The number of hydrogen-bond donors (Lipinski definition) is 1. The van der Waals surface area contributed by atoms with Crippen molar-refractivity contribution < 1.29 is 22.7 Å². The Morgan fingerprint density at radius 3 is 2.45 bits per heavy atom. The molecule has 0 aliphatic carbocycles. The van der Waals surface area contributed by atoms with Crippen molar-refractivity contribution in [2.24, 2.45) is 0 Å². The number of rotatable bonds is 8. The summed E-state index contributed by atoms with van der Waals surface area (Å²) in [5.74, 6) is -0.810. The zero-order valence-corrected chi connectivity index (χ0v) is 20.7. The number of aromatic nitrogens is 5. The summed E-state index contributed by atoms with van der Waals surface area (Å²) in [5, 5.41) is 4.22. The first kappa shape index (κ1) is 26.5. The van der Waals surface area contributed by atoms with E-state index in [0.717, 1.165) is 0 Å². The Bertz CT molecular complexity index is 1560. The van der Waals surface area contributed by atoms with Crippen LogP contribution < -0.4 is 15.9 Å². The quantitative estimate of drug-likeness (QED) is 0.339. The molecule has 0 fully saturated rings. The van der Waals surface area contributed by atoms with Gasteiger partial charge in [0.15, 0.2) is 0 Å². The lowest BCUT2D eigenvalue weighted by atomic mass is 9.99. The zero-order chi connectivity index (χ0) is 27.6. The highest BCUT2D eigenvalue weighted by molar-refractivity contribution is 5.85. The van der Waals surface area contributed by atoms with Crippen LogP contribution in [-0.4, -0.2) is 31.0 Å². The van der Waals surface area contributed by atoms with Gasteiger partial charge in [-0.15, -0.1) is 0 Å². The van der Waals surface area contributed by atoms with Gasteiger partial charge in [-0.1, -0.05) is 0 Å². The molecular weight excluding hydrogens is 501 g/mol. The Hall–Kier alpha value is -4.61. The van der Waals surface area contributed by atoms with Crippen LogP contribution in [0, 0.1) is 12.7 Å². The predicted molar refractivity (Wildman–Crippen MR) is 133 cm³/mol. The van der Waals surface area contributed by atoms with Crippen LogP contribution in [0.4, 0.5) is 19.1 Å². The van der Waals surface area contributed by atoms with E-state index < -0.39 is 28.9 Å². The van der Waals surface area contributed by atoms with Gasteiger partial charge >= 0.3 is 0 Å². The zero-order valence-electron chi connectivity index (χ0n) is 20.7. The van der Waals surface area contributed by atoms with E-state index in [4.69, 9.17) is 10.5 Å². The molecule has 0 spiro atoms. The largest absolute Gasteiger partial charge is 0.470 e. The summed E-state index contributed by atoms with van der Waals surface area (Å²) < 4.78 is 48.0. The number of ether oxygens (including phenoxy) is 1. The molecule has 0 unspecified atom stereocenters. The topological polar surface area (TPSA) is 126 Å². The van der Waals surface area contributed by atoms with E-state index in [0.29, 0.717) is 17.5 Å². The van der Waals surface area contributed by atoms with Gasteiger partial charge in [0.1, 0.15) is 35.6 Å². The van der Waals surface area contributed by atoms with Gasteiger partial charge in [-0.2, -0.15) is 10.1 Å². The molecule has 3 aromatic heterocycles. The van der Waals surface area contributed by atoms with Gasteiger partial charge in [0.2, 0.25) is 17.3 Å². The van der Waals surface area contributed by atoms with Gasteiger partial charge in [-0.3, -0.25) is 14.5 Å². The van der Waals surface area contributed by atoms with E-state index in [1.807, 2.05) is 0 Å². The first-order valence-electron chi connectivity index (χ1n) is 11.4. The van der Waals surface area contributed by atoms with Crippen LogP contribution in [0.5, 0.6) is 5.88 Å². The van der Waals surface area contributed by atoms with E-state index in [-0.39, 0.29) is 40.9 Å². The Labute approximate surface area is 215 Å². The number of nitrogen functional groups attached to an aromatic ring is 1. The monoisotopic (exact) mass is 524 g/mol. The summed E-state index contributed by atoms with van der Waals surface area (Å²) in [5.41, 5.74) is 5.31. The number of halogens is 3. The SMILES string of the molecule is Cc1cc(-c2c(OCc3nn(C(C)(C)C=O)ccc3=O)nc(N)nc2-c2ccc(F)cc2)cc(C(F)F)n1. The second-order valence-electron chi connectivity index (χ2n) is 8.97. The van der Waals surface area contributed by atoms with Crippen molar-refractivity contribution in [2.45, 2.75) is 39.3 Å². The molecule has 3 heterocycles. The molecule has 9 nitrogen and oxygen atoms in total. The van der Waals surface area contributed by atoms with Crippen molar-refractivity contribution in [1.82, 2.24) is 24.7 Å². The molecule has 0 aliphatic rings. The Morgan fingerprint density at radius 1 is 1.08 bits per heavy atom. The number of alkyl halides is 2. The number of carbonyl (C=O) groups is 1. The van der Waals surface area contributed by atoms with E-state index in [2.05, 4.69) is 20.1 Å². The summed E-state index contributed by atoms with van der Waals surface area (Å²) >= 11 is 0. The minimum absolute atomic E-state index is 0.0342. The molecule has 0 atom stereocenters. The highest BCUT2D eigenvalue weighted by Crippen LogP contribution is 2.39. The van der Waals surface area contributed by atoms with Gasteiger partial charge in [-0.25, -0.2) is 18.2 Å². The van der Waals surface area contributed by atoms with E-state index in [1.54, 1.807) is 26.8 Å². The lowest BCUT2D eigenvalue weighted by Crippen LogP contribution is -2.32. The molecule has 1 aromatic carbocycles. The molecule has 12 heteroatoms. The molecule has 0 saturated carbocycles. The average molecular weight is 525 g/mol. The maximum Gasteiger partial charge on any atom is 0.280 e. The number of benzene rings is 1.